The van der Waals surface area contributed by atoms with Gasteiger partial charge in [-0.3, -0.25) is 0 Å². The largest absolute Gasteiger partial charge is 0.493 e. The smallest absolute Gasteiger partial charge is 0.166 e. The van der Waals surface area contributed by atoms with Gasteiger partial charge in [0.15, 0.2) is 11.5 Å². The molecule has 3 nitrogen and oxygen atoms in total. The van der Waals surface area contributed by atoms with E-state index in [2.05, 4.69) is 42.3 Å². The van der Waals surface area contributed by atoms with Crippen LogP contribution in [0, 0.1) is 0 Å². The summed E-state index contributed by atoms with van der Waals surface area (Å²) in [6.07, 6.45) is 9.93. The van der Waals surface area contributed by atoms with E-state index in [1.54, 1.807) is 7.11 Å². The monoisotopic (exact) mass is 269 g/mol. The highest BCUT2D eigenvalue weighted by Gasteiger charge is 2.50. The summed E-state index contributed by atoms with van der Waals surface area (Å²) < 4.78 is 11.8. The average Bonchev–Trinajstić information content (AvgIpc) is 2.74. The van der Waals surface area contributed by atoms with Gasteiger partial charge >= 0.3 is 0 Å². The van der Waals surface area contributed by atoms with Crippen LogP contribution in [-0.4, -0.2) is 31.7 Å². The van der Waals surface area contributed by atoms with Gasteiger partial charge in [0.25, 0.3) is 0 Å². The fourth-order valence-electron chi connectivity index (χ4n) is 3.78. The first-order valence-electron chi connectivity index (χ1n) is 7.16. The van der Waals surface area contributed by atoms with Crippen LogP contribution in [0.4, 0.5) is 0 Å². The molecule has 0 bridgehead atoms. The number of hydrogen-bond donors (Lipinski definition) is 0. The first-order chi connectivity index (χ1) is 9.74. The van der Waals surface area contributed by atoms with Gasteiger partial charge in [0.1, 0.15) is 6.10 Å². The molecule has 3 aliphatic rings. The third kappa shape index (κ3) is 1.44. The van der Waals surface area contributed by atoms with E-state index in [-0.39, 0.29) is 11.5 Å². The molecular weight excluding hydrogens is 250 g/mol. The van der Waals surface area contributed by atoms with Crippen molar-refractivity contribution in [3.05, 3.63) is 47.6 Å². The second-order valence-electron chi connectivity index (χ2n) is 5.94. The lowest BCUT2D eigenvalue weighted by Crippen LogP contribution is -2.37. The second kappa shape index (κ2) is 4.13. The van der Waals surface area contributed by atoms with E-state index in [9.17, 15) is 0 Å². The van der Waals surface area contributed by atoms with E-state index in [1.807, 2.05) is 6.07 Å². The lowest BCUT2D eigenvalue weighted by atomic mass is 9.71. The zero-order valence-corrected chi connectivity index (χ0v) is 11.9. The van der Waals surface area contributed by atoms with Crippen molar-refractivity contribution in [1.29, 1.82) is 0 Å². The molecule has 0 saturated heterocycles. The summed E-state index contributed by atoms with van der Waals surface area (Å²) >= 11 is 0. The lowest BCUT2D eigenvalue weighted by Gasteiger charge is -2.31. The van der Waals surface area contributed by atoms with Crippen LogP contribution in [0.2, 0.25) is 0 Å². The van der Waals surface area contributed by atoms with E-state index in [0.717, 1.165) is 31.0 Å². The maximum atomic E-state index is 6.26. The standard InChI is InChI=1S/C17H19NO2/c1-18-10-9-17-8-4-3-5-14(17)20-16-13(19-2)7-6-12(11-18)15(16)17/h3-8,14H,9-11H2,1-2H3. The molecular formula is C17H19NO2. The summed E-state index contributed by atoms with van der Waals surface area (Å²) in [5.74, 6) is 1.80. The normalized spacial score (nSPS) is 30.4. The van der Waals surface area contributed by atoms with Gasteiger partial charge in [0.2, 0.25) is 0 Å². The van der Waals surface area contributed by atoms with E-state index in [0.29, 0.717) is 0 Å². The van der Waals surface area contributed by atoms with Gasteiger partial charge in [-0.1, -0.05) is 24.3 Å². The predicted molar refractivity (Wildman–Crippen MR) is 78.3 cm³/mol. The SMILES string of the molecule is COc1ccc2c3c1OC1C=CC=CC31CCN(C)C2. The highest BCUT2D eigenvalue weighted by molar-refractivity contribution is 5.62. The van der Waals surface area contributed by atoms with Gasteiger partial charge in [-0.15, -0.1) is 0 Å². The zero-order chi connectivity index (χ0) is 13.7. The van der Waals surface area contributed by atoms with Crippen molar-refractivity contribution < 1.29 is 9.47 Å². The summed E-state index contributed by atoms with van der Waals surface area (Å²) in [7, 11) is 3.90. The predicted octanol–water partition coefficient (Wildman–Crippen LogP) is 2.66. The molecule has 0 saturated carbocycles. The number of ether oxygens (including phenoxy) is 2. The molecule has 0 aromatic heterocycles. The van der Waals surface area contributed by atoms with Crippen LogP contribution in [0.3, 0.4) is 0 Å². The number of nitrogens with zero attached hydrogens (tertiary/aromatic N) is 1. The molecule has 1 aromatic rings. The Morgan fingerprint density at radius 2 is 2.25 bits per heavy atom. The van der Waals surface area contributed by atoms with Gasteiger partial charge in [0.05, 0.1) is 12.5 Å². The Kier molecular flexibility index (Phi) is 2.48. The van der Waals surface area contributed by atoms with Crippen molar-refractivity contribution >= 4 is 0 Å². The van der Waals surface area contributed by atoms with Crippen molar-refractivity contribution in [3.63, 3.8) is 0 Å². The molecule has 20 heavy (non-hydrogen) atoms. The number of benzene rings is 1. The average molecular weight is 269 g/mol. The first-order valence-corrected chi connectivity index (χ1v) is 7.16. The van der Waals surface area contributed by atoms with Gasteiger partial charge in [0, 0.05) is 12.1 Å². The molecule has 0 fully saturated rings. The number of allylic oxidation sites excluding steroid dienone is 2. The van der Waals surface area contributed by atoms with E-state index >= 15 is 0 Å². The molecule has 4 rings (SSSR count). The highest BCUT2D eigenvalue weighted by atomic mass is 16.5. The molecule has 1 spiro atoms. The topological polar surface area (TPSA) is 21.7 Å². The van der Waals surface area contributed by atoms with Gasteiger partial charge in [-0.05, 0) is 37.7 Å². The van der Waals surface area contributed by atoms with Crippen LogP contribution in [0.15, 0.2) is 36.4 Å². The van der Waals surface area contributed by atoms with Gasteiger partial charge < -0.3 is 14.4 Å². The maximum Gasteiger partial charge on any atom is 0.166 e. The molecule has 1 aromatic carbocycles. The molecule has 2 atom stereocenters. The molecule has 3 heteroatoms. The molecule has 0 radical (unpaired) electrons. The fourth-order valence-corrected chi connectivity index (χ4v) is 3.78. The second-order valence-corrected chi connectivity index (χ2v) is 5.94. The van der Waals surface area contributed by atoms with Crippen LogP contribution in [0.5, 0.6) is 11.5 Å². The Morgan fingerprint density at radius 3 is 3.10 bits per heavy atom. The maximum absolute atomic E-state index is 6.26. The van der Waals surface area contributed by atoms with Gasteiger partial charge in [-0.25, -0.2) is 0 Å². The van der Waals surface area contributed by atoms with Crippen molar-refractivity contribution in [2.45, 2.75) is 24.5 Å². The number of methoxy groups -OCH3 is 1. The lowest BCUT2D eigenvalue weighted by molar-refractivity contribution is 0.193. The Morgan fingerprint density at radius 1 is 1.35 bits per heavy atom. The van der Waals surface area contributed by atoms with Crippen LogP contribution in [0.25, 0.3) is 0 Å². The number of hydrogen-bond acceptors (Lipinski definition) is 3. The Balaban J connectivity index is 1.99. The molecule has 0 amide bonds. The molecule has 2 aliphatic heterocycles. The van der Waals surface area contributed by atoms with Crippen molar-refractivity contribution in [3.8, 4) is 11.5 Å². The van der Waals surface area contributed by atoms with Crippen molar-refractivity contribution in [2.75, 3.05) is 20.7 Å². The van der Waals surface area contributed by atoms with Crippen LogP contribution < -0.4 is 9.47 Å². The Labute approximate surface area is 119 Å². The molecule has 2 heterocycles. The van der Waals surface area contributed by atoms with Crippen LogP contribution >= 0.6 is 0 Å². The molecule has 1 aliphatic carbocycles. The first kappa shape index (κ1) is 12.0. The van der Waals surface area contributed by atoms with Crippen molar-refractivity contribution in [2.24, 2.45) is 0 Å². The minimum Gasteiger partial charge on any atom is -0.493 e. The van der Waals surface area contributed by atoms with E-state index in [4.69, 9.17) is 9.47 Å². The molecule has 0 N–H and O–H groups in total. The van der Waals surface area contributed by atoms with Gasteiger partial charge in [-0.2, -0.15) is 0 Å². The Hall–Kier alpha value is -1.74. The number of rotatable bonds is 1. The third-order valence-corrected chi connectivity index (χ3v) is 4.78. The van der Waals surface area contributed by atoms with Crippen LogP contribution in [0.1, 0.15) is 17.5 Å². The Bertz CT molecular complexity index is 620. The van der Waals surface area contributed by atoms with Crippen LogP contribution in [-0.2, 0) is 12.0 Å². The van der Waals surface area contributed by atoms with Crippen molar-refractivity contribution in [1.82, 2.24) is 4.90 Å². The summed E-state index contributed by atoms with van der Waals surface area (Å²) in [5, 5.41) is 0. The summed E-state index contributed by atoms with van der Waals surface area (Å²) in [6.45, 7) is 2.05. The quantitative estimate of drug-likeness (QED) is 0.782. The zero-order valence-electron chi connectivity index (χ0n) is 11.9. The summed E-state index contributed by atoms with van der Waals surface area (Å²) in [5.41, 5.74) is 2.69. The minimum atomic E-state index is -0.0152. The molecule has 104 valence electrons. The molecule has 2 unspecified atom stereocenters. The highest BCUT2D eigenvalue weighted by Crippen LogP contribution is 2.54. The summed E-state index contributed by atoms with van der Waals surface area (Å²) in [6, 6.07) is 4.23. The third-order valence-electron chi connectivity index (χ3n) is 4.78. The minimum absolute atomic E-state index is 0.0152. The van der Waals surface area contributed by atoms with E-state index < -0.39 is 0 Å². The van der Waals surface area contributed by atoms with E-state index in [1.165, 1.54) is 11.1 Å². The summed E-state index contributed by atoms with van der Waals surface area (Å²) in [4.78, 5) is 2.39. The fraction of sp³-hybridized carbons (Fsp3) is 0.412.